The molecule has 0 bridgehead atoms. The van der Waals surface area contributed by atoms with Crippen LogP contribution in [-0.2, 0) is 0 Å². The predicted octanol–water partition coefficient (Wildman–Crippen LogP) is -0.398. The molecule has 1 aromatic heterocycles. The number of aromatic amines is 1. The fourth-order valence-corrected chi connectivity index (χ4v) is 0.610. The van der Waals surface area contributed by atoms with Crippen LogP contribution in [0.5, 0.6) is 0 Å². The highest BCUT2D eigenvalue weighted by molar-refractivity contribution is 5.95. The number of rotatable bonds is 3. The van der Waals surface area contributed by atoms with Crippen molar-refractivity contribution in [2.45, 2.75) is 0 Å². The molecule has 0 aliphatic carbocycles. The number of hydrogen-bond donors (Lipinski definition) is 3. The Hall–Kier alpha value is -1.92. The number of carbonyl (C=O) groups is 1. The normalized spacial score (nSPS) is 9.09. The van der Waals surface area contributed by atoms with Crippen LogP contribution in [0.25, 0.3) is 0 Å². The number of carbonyl (C=O) groups excluding carboxylic acids is 1. The van der Waals surface area contributed by atoms with Crippen LogP contribution in [0.4, 0.5) is 5.82 Å². The molecule has 0 saturated carbocycles. The molecule has 0 saturated heterocycles. The summed E-state index contributed by atoms with van der Waals surface area (Å²) in [6.45, 7) is 0. The molecular weight excluding hydrogens is 150 g/mol. The summed E-state index contributed by atoms with van der Waals surface area (Å²) >= 11 is 0. The van der Waals surface area contributed by atoms with Crippen molar-refractivity contribution in [1.29, 1.82) is 0 Å². The third-order valence-corrected chi connectivity index (χ3v) is 1.04. The Balaban J connectivity index is 2.95. The van der Waals surface area contributed by atoms with Crippen molar-refractivity contribution in [3.8, 4) is 0 Å². The van der Waals surface area contributed by atoms with E-state index in [4.69, 9.17) is 5.73 Å². The fraction of sp³-hybridized carbons (Fsp3) is 0. The van der Waals surface area contributed by atoms with Gasteiger partial charge in [-0.15, -0.1) is 4.91 Å². The van der Waals surface area contributed by atoms with Crippen molar-refractivity contribution >= 4 is 11.7 Å². The number of nitrogens with zero attached hydrogens (tertiary/aromatic N) is 2. The minimum absolute atomic E-state index is 0.0320. The number of nitrogens with one attached hydrogen (secondary N) is 2. The highest BCUT2D eigenvalue weighted by atomic mass is 16.3. The van der Waals surface area contributed by atoms with Gasteiger partial charge in [0.1, 0.15) is 5.69 Å². The van der Waals surface area contributed by atoms with Crippen LogP contribution in [0.1, 0.15) is 10.5 Å². The van der Waals surface area contributed by atoms with E-state index in [-0.39, 0.29) is 11.5 Å². The first-order valence-corrected chi connectivity index (χ1v) is 2.67. The zero-order valence-electron chi connectivity index (χ0n) is 5.37. The molecule has 7 heteroatoms. The minimum Gasteiger partial charge on any atom is -0.364 e. The number of primary amides is 1. The summed E-state index contributed by atoms with van der Waals surface area (Å²) in [4.78, 5) is 26.2. The first kappa shape index (κ1) is 7.19. The van der Waals surface area contributed by atoms with E-state index in [2.05, 4.69) is 15.3 Å². The molecule has 0 radical (unpaired) electrons. The van der Waals surface area contributed by atoms with E-state index in [9.17, 15) is 9.70 Å². The largest absolute Gasteiger partial charge is 0.364 e. The fourth-order valence-electron chi connectivity index (χ4n) is 0.610. The van der Waals surface area contributed by atoms with Gasteiger partial charge < -0.3 is 10.7 Å². The second-order valence-corrected chi connectivity index (χ2v) is 1.69. The van der Waals surface area contributed by atoms with Crippen molar-refractivity contribution in [1.82, 2.24) is 9.97 Å². The third kappa shape index (κ3) is 1.31. The quantitative estimate of drug-likeness (QED) is 0.407. The smallest absolute Gasteiger partial charge is 0.269 e. The molecule has 7 nitrogen and oxygen atoms in total. The molecule has 0 fully saturated rings. The molecule has 1 amide bonds. The van der Waals surface area contributed by atoms with E-state index in [0.29, 0.717) is 0 Å². The van der Waals surface area contributed by atoms with Crippen molar-refractivity contribution in [3.05, 3.63) is 16.9 Å². The van der Waals surface area contributed by atoms with Gasteiger partial charge in [0.2, 0.25) is 0 Å². The average Bonchev–Trinajstić information content (AvgIpc) is 2.36. The van der Waals surface area contributed by atoms with Gasteiger partial charge in [0.05, 0.1) is 11.6 Å². The lowest BCUT2D eigenvalue weighted by Gasteiger charge is -1.92. The summed E-state index contributed by atoms with van der Waals surface area (Å²) in [5, 5.41) is 2.33. The number of amides is 1. The van der Waals surface area contributed by atoms with Gasteiger partial charge in [-0.3, -0.25) is 4.79 Å². The zero-order valence-corrected chi connectivity index (χ0v) is 5.37. The van der Waals surface area contributed by atoms with Crippen LogP contribution >= 0.6 is 0 Å². The van der Waals surface area contributed by atoms with Crippen LogP contribution in [-0.4, -0.2) is 15.9 Å². The lowest BCUT2D eigenvalue weighted by molar-refractivity contribution is 0.0997. The van der Waals surface area contributed by atoms with Gasteiger partial charge in [-0.2, -0.15) is 0 Å². The number of hydrogen-bond acceptors (Lipinski definition) is 4. The Bertz CT molecular complexity index is 280. The monoisotopic (exact) mass is 155 g/mol. The van der Waals surface area contributed by atoms with Crippen LogP contribution in [0.15, 0.2) is 11.6 Å². The van der Waals surface area contributed by atoms with Crippen molar-refractivity contribution in [3.63, 3.8) is 0 Å². The van der Waals surface area contributed by atoms with E-state index in [1.165, 1.54) is 6.33 Å². The van der Waals surface area contributed by atoms with Crippen molar-refractivity contribution in [2.24, 2.45) is 11.0 Å². The molecule has 1 rings (SSSR count). The molecule has 4 N–H and O–H groups in total. The zero-order chi connectivity index (χ0) is 8.27. The Labute approximate surface area is 60.9 Å². The maximum Gasteiger partial charge on any atom is 0.269 e. The number of aromatic nitrogens is 2. The highest BCUT2D eigenvalue weighted by Gasteiger charge is 2.09. The van der Waals surface area contributed by atoms with Gasteiger partial charge >= 0.3 is 0 Å². The van der Waals surface area contributed by atoms with Crippen LogP contribution in [0.3, 0.4) is 0 Å². The van der Waals surface area contributed by atoms with Gasteiger partial charge in [-0.05, 0) is 0 Å². The number of nitroso groups, excluding NO2 is 1. The number of nitrogens with two attached hydrogens (primary N) is 1. The second kappa shape index (κ2) is 2.78. The Kier molecular flexibility index (Phi) is 1.81. The molecule has 0 atom stereocenters. The summed E-state index contributed by atoms with van der Waals surface area (Å²) in [6.07, 6.45) is 1.23. The van der Waals surface area contributed by atoms with Crippen molar-refractivity contribution < 1.29 is 4.79 Å². The maximum absolute atomic E-state index is 10.5. The summed E-state index contributed by atoms with van der Waals surface area (Å²) < 4.78 is 0. The standard InChI is InChI=1S/C4H5N5O2/c5-3(10)2-4(8-9-11)7-1-6-2/h1H,(H2,5,10)(H,6,7)(H,8,11). The summed E-state index contributed by atoms with van der Waals surface area (Å²) in [5.41, 5.74) is 6.89. The van der Waals surface area contributed by atoms with Crippen molar-refractivity contribution in [2.75, 3.05) is 5.43 Å². The van der Waals surface area contributed by atoms with Crippen LogP contribution < -0.4 is 11.2 Å². The molecule has 0 aliphatic heterocycles. The third-order valence-electron chi connectivity index (χ3n) is 1.04. The molecule has 0 spiro atoms. The molecular formula is C4H5N5O2. The molecule has 1 aromatic rings. The topological polar surface area (TPSA) is 113 Å². The van der Waals surface area contributed by atoms with Gasteiger partial charge in [0.15, 0.2) is 5.82 Å². The molecule has 1 heterocycles. The highest BCUT2D eigenvalue weighted by Crippen LogP contribution is 2.07. The molecule has 11 heavy (non-hydrogen) atoms. The predicted molar refractivity (Wildman–Crippen MR) is 36.5 cm³/mol. The minimum atomic E-state index is -0.700. The lowest BCUT2D eigenvalue weighted by atomic mass is 10.4. The Morgan fingerprint density at radius 2 is 2.55 bits per heavy atom. The summed E-state index contributed by atoms with van der Waals surface area (Å²) in [6, 6.07) is 0. The molecule has 0 aliphatic rings. The number of imidazole rings is 1. The van der Waals surface area contributed by atoms with Crippen LogP contribution in [0.2, 0.25) is 0 Å². The average molecular weight is 155 g/mol. The first-order chi connectivity index (χ1) is 5.25. The van der Waals surface area contributed by atoms with E-state index < -0.39 is 5.91 Å². The van der Waals surface area contributed by atoms with Gasteiger partial charge in [0, 0.05) is 0 Å². The van der Waals surface area contributed by atoms with E-state index in [1.807, 2.05) is 5.43 Å². The van der Waals surface area contributed by atoms with Gasteiger partial charge in [-0.1, -0.05) is 0 Å². The van der Waals surface area contributed by atoms with E-state index >= 15 is 0 Å². The Morgan fingerprint density at radius 1 is 1.82 bits per heavy atom. The van der Waals surface area contributed by atoms with Crippen LogP contribution in [0, 0.1) is 4.91 Å². The van der Waals surface area contributed by atoms with E-state index in [1.54, 1.807) is 0 Å². The van der Waals surface area contributed by atoms with E-state index in [0.717, 1.165) is 0 Å². The summed E-state index contributed by atoms with van der Waals surface area (Å²) in [7, 11) is 0. The van der Waals surface area contributed by atoms with Gasteiger partial charge in [-0.25, -0.2) is 10.4 Å². The number of H-pyrrole nitrogens is 1. The molecule has 0 aromatic carbocycles. The summed E-state index contributed by atoms with van der Waals surface area (Å²) in [5.74, 6) is -0.666. The maximum atomic E-state index is 10.5. The first-order valence-electron chi connectivity index (χ1n) is 2.67. The molecule has 0 unspecified atom stereocenters. The van der Waals surface area contributed by atoms with Gasteiger partial charge in [0.25, 0.3) is 5.91 Å². The second-order valence-electron chi connectivity index (χ2n) is 1.69. The Morgan fingerprint density at radius 3 is 3.09 bits per heavy atom. The lowest BCUT2D eigenvalue weighted by Crippen LogP contribution is -2.13. The number of anilines is 1. The SMILES string of the molecule is NC(=O)c1[nH]cnc1NN=O. The molecule has 58 valence electrons.